The maximum atomic E-state index is 9.39. The topological polar surface area (TPSA) is 191 Å². The van der Waals surface area contributed by atoms with Crippen molar-refractivity contribution in [1.29, 1.82) is 0 Å². The maximum absolute atomic E-state index is 9.39. The van der Waals surface area contributed by atoms with Crippen LogP contribution < -0.4 is 5.32 Å². The van der Waals surface area contributed by atoms with Crippen LogP contribution in [0.3, 0.4) is 0 Å². The number of hydrogen-bond donors (Lipinski definition) is 2. The molecular weight excluding hydrogens is 364 g/mol. The first-order valence-corrected chi connectivity index (χ1v) is 8.98. The fourth-order valence-electron chi connectivity index (χ4n) is 1.45. The summed E-state index contributed by atoms with van der Waals surface area (Å²) in [7, 11) is 0. The molecule has 1 saturated heterocycles. The summed E-state index contributed by atoms with van der Waals surface area (Å²) in [5.41, 5.74) is 23.5. The summed E-state index contributed by atoms with van der Waals surface area (Å²) in [4.78, 5) is 7.77. The van der Waals surface area contributed by atoms with Gasteiger partial charge in [-0.25, -0.2) is 0 Å². The number of epoxide rings is 1. The molecule has 12 heteroatoms. The lowest BCUT2D eigenvalue weighted by Gasteiger charge is -2.22. The van der Waals surface area contributed by atoms with Gasteiger partial charge in [0.1, 0.15) is 0 Å². The predicted molar refractivity (Wildman–Crippen MR) is 110 cm³/mol. The van der Waals surface area contributed by atoms with Crippen molar-refractivity contribution in [1.82, 2.24) is 5.32 Å². The molecule has 0 aromatic carbocycles. The maximum Gasteiger partial charge on any atom is 0.0811 e. The molecule has 0 aromatic rings. The van der Waals surface area contributed by atoms with Gasteiger partial charge in [0.2, 0.25) is 0 Å². The van der Waals surface area contributed by atoms with Crippen LogP contribution in [-0.4, -0.2) is 55.6 Å². The number of rotatable bonds is 11. The zero-order valence-electron chi connectivity index (χ0n) is 17.0. The minimum Gasteiger partial charge on any atom is -0.392 e. The van der Waals surface area contributed by atoms with Crippen molar-refractivity contribution in [3.63, 3.8) is 0 Å². The molecule has 2 unspecified atom stereocenters. The van der Waals surface area contributed by atoms with E-state index in [-0.39, 0.29) is 5.54 Å². The average Bonchev–Trinajstić information content (AvgIpc) is 3.46. The first kappa shape index (κ1) is 27.8. The van der Waals surface area contributed by atoms with Gasteiger partial charge in [0, 0.05) is 46.5 Å². The summed E-state index contributed by atoms with van der Waals surface area (Å²) in [6.07, 6.45) is 3.82. The number of β-amino-alcohol motifs (C(OH)–C–C–N with tert-alkyl or cyclic N) is 1. The van der Waals surface area contributed by atoms with Crippen LogP contribution in [0.15, 0.2) is 28.0 Å². The Bertz CT molecular complexity index is 540. The van der Waals surface area contributed by atoms with Gasteiger partial charge in [0.25, 0.3) is 0 Å². The van der Waals surface area contributed by atoms with E-state index in [1.165, 1.54) is 0 Å². The Morgan fingerprint density at radius 2 is 1.68 bits per heavy atom. The molecule has 1 aliphatic heterocycles. The summed E-state index contributed by atoms with van der Waals surface area (Å²) >= 11 is 0. The number of nitrogens with zero attached hydrogens (tertiary/aromatic N) is 9. The van der Waals surface area contributed by atoms with Gasteiger partial charge in [0.05, 0.1) is 18.8 Å². The van der Waals surface area contributed by atoms with Crippen molar-refractivity contribution in [2.45, 2.75) is 57.8 Å². The third-order valence-corrected chi connectivity index (χ3v) is 3.01. The monoisotopic (exact) mass is 396 g/mol. The molecule has 1 rings (SSSR count). The molecule has 28 heavy (non-hydrogen) atoms. The molecule has 0 spiro atoms. The highest BCUT2D eigenvalue weighted by Gasteiger charge is 2.20. The molecule has 1 aliphatic rings. The lowest BCUT2D eigenvalue weighted by atomic mass is 10.1. The van der Waals surface area contributed by atoms with Crippen molar-refractivity contribution >= 4 is 0 Å². The number of hydrogen-bond acceptors (Lipinski definition) is 6. The zero-order chi connectivity index (χ0) is 21.7. The Morgan fingerprint density at radius 1 is 1.14 bits per heavy atom. The molecule has 0 amide bonds. The van der Waals surface area contributed by atoms with Crippen LogP contribution in [0.25, 0.3) is 31.3 Å². The molecule has 1 fully saturated rings. The first-order valence-electron chi connectivity index (χ1n) is 8.98. The number of aliphatic hydroxyl groups excluding tert-OH is 1. The van der Waals surface area contributed by atoms with E-state index in [1.807, 2.05) is 20.8 Å². The quantitative estimate of drug-likeness (QED) is 0.131. The van der Waals surface area contributed by atoms with E-state index < -0.39 is 6.10 Å². The molecule has 2 N–H and O–H groups in total. The minimum absolute atomic E-state index is 0.0134. The van der Waals surface area contributed by atoms with Crippen molar-refractivity contribution in [3.8, 4) is 0 Å². The number of aliphatic hydroxyl groups is 1. The third-order valence-electron chi connectivity index (χ3n) is 3.01. The normalized spacial score (nSPS) is 14.9. The highest BCUT2D eigenvalue weighted by Crippen LogP contribution is 2.12. The third kappa shape index (κ3) is 28.4. The predicted octanol–water partition coefficient (Wildman–Crippen LogP) is 4.39. The summed E-state index contributed by atoms with van der Waals surface area (Å²) in [5.74, 6) is 0. The number of nitrogens with one attached hydrogen (secondary N) is 1. The average molecular weight is 397 g/mol. The highest BCUT2D eigenvalue weighted by molar-refractivity contribution is 4.73. The van der Waals surface area contributed by atoms with Gasteiger partial charge < -0.3 is 15.2 Å². The first-order chi connectivity index (χ1) is 13.3. The van der Waals surface area contributed by atoms with E-state index >= 15 is 0 Å². The van der Waals surface area contributed by atoms with E-state index in [9.17, 15) is 5.11 Å². The lowest BCUT2D eigenvalue weighted by Crippen LogP contribution is -2.41. The Hall–Kier alpha value is -2.45. The van der Waals surface area contributed by atoms with Crippen LogP contribution in [-0.2, 0) is 4.74 Å². The van der Waals surface area contributed by atoms with Crippen molar-refractivity contribution < 1.29 is 9.84 Å². The van der Waals surface area contributed by atoms with Crippen molar-refractivity contribution in [2.24, 2.45) is 15.3 Å². The van der Waals surface area contributed by atoms with E-state index in [4.69, 9.17) is 21.3 Å². The molecule has 1 heterocycles. The Labute approximate surface area is 165 Å². The Kier molecular flexibility index (Phi) is 19.2. The molecule has 12 nitrogen and oxygen atoms in total. The SMILES string of the molecule is C=CCCN=[N+]=[N-].CC(C)(C)NCC(O)CCN=[N+]=[N-].[N-]=[N+]=NCCC1CO1. The van der Waals surface area contributed by atoms with Crippen LogP contribution in [0.4, 0.5) is 0 Å². The number of azide groups is 3. The van der Waals surface area contributed by atoms with E-state index in [2.05, 4.69) is 42.0 Å². The second-order valence-corrected chi connectivity index (χ2v) is 6.76. The molecule has 0 bridgehead atoms. The minimum atomic E-state index is -0.440. The van der Waals surface area contributed by atoms with Crippen LogP contribution in [0.2, 0.25) is 0 Å². The molecule has 0 aromatic heterocycles. The van der Waals surface area contributed by atoms with Crippen LogP contribution >= 0.6 is 0 Å². The van der Waals surface area contributed by atoms with Gasteiger partial charge in [0.15, 0.2) is 0 Å². The van der Waals surface area contributed by atoms with Gasteiger partial charge in [-0.15, -0.1) is 6.58 Å². The van der Waals surface area contributed by atoms with Gasteiger partial charge in [-0.05, 0) is 56.6 Å². The summed E-state index contributed by atoms with van der Waals surface area (Å²) in [5, 5.41) is 22.5. The van der Waals surface area contributed by atoms with Gasteiger partial charge in [-0.2, -0.15) is 0 Å². The van der Waals surface area contributed by atoms with Crippen molar-refractivity contribution in [3.05, 3.63) is 44.0 Å². The summed E-state index contributed by atoms with van der Waals surface area (Å²) in [6.45, 7) is 12.4. The largest absolute Gasteiger partial charge is 0.392 e. The highest BCUT2D eigenvalue weighted by atomic mass is 16.6. The molecule has 0 radical (unpaired) electrons. The Balaban J connectivity index is 0. The lowest BCUT2D eigenvalue weighted by molar-refractivity contribution is 0.154. The van der Waals surface area contributed by atoms with Crippen LogP contribution in [0, 0.1) is 0 Å². The van der Waals surface area contributed by atoms with Gasteiger partial charge in [-0.1, -0.05) is 21.4 Å². The van der Waals surface area contributed by atoms with Crippen molar-refractivity contribution in [2.75, 3.05) is 32.8 Å². The van der Waals surface area contributed by atoms with E-state index in [0.29, 0.717) is 38.7 Å². The fourth-order valence-corrected chi connectivity index (χ4v) is 1.45. The van der Waals surface area contributed by atoms with Gasteiger partial charge in [-0.3, -0.25) is 0 Å². The number of ether oxygens (including phenoxy) is 1. The van der Waals surface area contributed by atoms with Crippen LogP contribution in [0.1, 0.15) is 40.0 Å². The fraction of sp³-hybridized carbons (Fsp3) is 0.875. The van der Waals surface area contributed by atoms with Gasteiger partial charge >= 0.3 is 0 Å². The standard InChI is InChI=1S/C8H18N4O.C4H7N3O.C4H7N3/c1-8(2,3)10-6-7(13)4-5-11-12-9;5-7-6-2-1-4-3-8-4;1-2-3-4-6-7-5/h7,10,13H,4-6H2,1-3H3;4H,1-3H2;2H,1,3-4H2. The summed E-state index contributed by atoms with van der Waals surface area (Å²) < 4.78 is 4.87. The van der Waals surface area contributed by atoms with E-state index in [0.717, 1.165) is 19.4 Å². The summed E-state index contributed by atoms with van der Waals surface area (Å²) in [6, 6.07) is 0. The molecule has 2 atom stereocenters. The van der Waals surface area contributed by atoms with E-state index in [1.54, 1.807) is 6.08 Å². The molecular formula is C16H32N10O2. The second-order valence-electron chi connectivity index (χ2n) is 6.76. The molecule has 158 valence electrons. The second kappa shape index (κ2) is 19.3. The smallest absolute Gasteiger partial charge is 0.0811 e. The van der Waals surface area contributed by atoms with Crippen LogP contribution in [0.5, 0.6) is 0 Å². The molecule has 0 aliphatic carbocycles. The molecule has 0 saturated carbocycles. The Morgan fingerprint density at radius 3 is 2.14 bits per heavy atom. The zero-order valence-corrected chi connectivity index (χ0v) is 17.0.